The third-order valence-corrected chi connectivity index (χ3v) is 1.45. The normalized spacial score (nSPS) is 10.4. The lowest BCUT2D eigenvalue weighted by molar-refractivity contribution is 0.590. The molecule has 2 heterocycles. The van der Waals surface area contributed by atoms with Crippen LogP contribution >= 0.6 is 12.2 Å². The number of fused-ring (bicyclic) bond motifs is 1. The highest BCUT2D eigenvalue weighted by Crippen LogP contribution is 2.06. The Kier molecular flexibility index (Phi) is 1.04. The molecule has 0 atom stereocenters. The third-order valence-electron chi connectivity index (χ3n) is 1.15. The van der Waals surface area contributed by atoms with Crippen LogP contribution in [-0.4, -0.2) is 15.0 Å². The summed E-state index contributed by atoms with van der Waals surface area (Å²) >= 11 is 4.85. The molecule has 0 unspecified atom stereocenters. The maximum absolute atomic E-state index is 4.93. The highest BCUT2D eigenvalue weighted by Gasteiger charge is 1.97. The van der Waals surface area contributed by atoms with Crippen LogP contribution in [0.3, 0.4) is 0 Å². The summed E-state index contributed by atoms with van der Waals surface area (Å²) in [7, 11) is 0. The average molecular weight is 153 g/mol. The van der Waals surface area contributed by atoms with Gasteiger partial charge in [0, 0.05) is 0 Å². The second-order valence-electron chi connectivity index (χ2n) is 1.74. The van der Waals surface area contributed by atoms with Crippen molar-refractivity contribution in [3.05, 3.63) is 17.4 Å². The van der Waals surface area contributed by atoms with Gasteiger partial charge in [-0.05, 0) is 0 Å². The quantitative estimate of drug-likeness (QED) is 0.579. The van der Waals surface area contributed by atoms with Gasteiger partial charge in [0.25, 0.3) is 0 Å². The van der Waals surface area contributed by atoms with Gasteiger partial charge in [0.15, 0.2) is 16.6 Å². The molecule has 0 saturated carbocycles. The SMILES string of the molecule is S=c1nc[nH]c2ocnc12. The number of hydrogen-bond donors (Lipinski definition) is 1. The van der Waals surface area contributed by atoms with E-state index < -0.39 is 0 Å². The second-order valence-corrected chi connectivity index (χ2v) is 2.12. The number of oxazole rings is 1. The maximum atomic E-state index is 4.93. The predicted octanol–water partition coefficient (Wildman–Crippen LogP) is 1.28. The van der Waals surface area contributed by atoms with Crippen LogP contribution in [0.25, 0.3) is 11.2 Å². The van der Waals surface area contributed by atoms with E-state index in [1.807, 2.05) is 0 Å². The predicted molar refractivity (Wildman–Crippen MR) is 37.0 cm³/mol. The van der Waals surface area contributed by atoms with Gasteiger partial charge in [-0.25, -0.2) is 9.97 Å². The number of H-pyrrole nitrogens is 1. The minimum absolute atomic E-state index is 0.461. The maximum Gasteiger partial charge on any atom is 0.229 e. The molecule has 0 aromatic carbocycles. The van der Waals surface area contributed by atoms with E-state index in [9.17, 15) is 0 Å². The highest BCUT2D eigenvalue weighted by atomic mass is 32.1. The zero-order chi connectivity index (χ0) is 6.97. The van der Waals surface area contributed by atoms with Crippen LogP contribution in [0, 0.1) is 4.64 Å². The van der Waals surface area contributed by atoms with Gasteiger partial charge in [-0.15, -0.1) is 0 Å². The Balaban J connectivity index is 3.09. The molecule has 0 bridgehead atoms. The Hall–Kier alpha value is -1.23. The fraction of sp³-hybridized carbons (Fsp3) is 0. The van der Waals surface area contributed by atoms with Crippen molar-refractivity contribution in [2.24, 2.45) is 0 Å². The lowest BCUT2D eigenvalue weighted by Gasteiger charge is -1.82. The molecule has 10 heavy (non-hydrogen) atoms. The molecule has 0 aliphatic heterocycles. The summed E-state index contributed by atoms with van der Waals surface area (Å²) in [6, 6.07) is 0. The fourth-order valence-electron chi connectivity index (χ4n) is 0.712. The molecule has 0 radical (unpaired) electrons. The molecular weight excluding hydrogens is 150 g/mol. The number of nitrogens with zero attached hydrogens (tertiary/aromatic N) is 2. The number of hydrogen-bond acceptors (Lipinski definition) is 4. The fourth-order valence-corrected chi connectivity index (χ4v) is 0.910. The highest BCUT2D eigenvalue weighted by molar-refractivity contribution is 7.71. The van der Waals surface area contributed by atoms with Crippen molar-refractivity contribution in [2.75, 3.05) is 0 Å². The van der Waals surface area contributed by atoms with Gasteiger partial charge < -0.3 is 9.40 Å². The lowest BCUT2D eigenvalue weighted by Crippen LogP contribution is -1.78. The first-order valence-corrected chi connectivity index (χ1v) is 3.05. The van der Waals surface area contributed by atoms with E-state index in [1.54, 1.807) is 0 Å². The Morgan fingerprint density at radius 3 is 3.20 bits per heavy atom. The second kappa shape index (κ2) is 1.88. The summed E-state index contributed by atoms with van der Waals surface area (Å²) in [5.41, 5.74) is 1.18. The van der Waals surface area contributed by atoms with E-state index >= 15 is 0 Å². The Labute approximate surface area is 60.9 Å². The van der Waals surface area contributed by atoms with Crippen molar-refractivity contribution < 1.29 is 4.42 Å². The number of nitrogens with one attached hydrogen (secondary N) is 1. The number of aromatic nitrogens is 3. The standard InChI is InChI=1S/C5H3N3OS/c10-5-3-4(6-1-7-5)9-2-8-3/h1-2H,(H,6,7,10). The van der Waals surface area contributed by atoms with Crippen molar-refractivity contribution in [3.8, 4) is 0 Å². The molecule has 4 nitrogen and oxygen atoms in total. The molecule has 2 aromatic heterocycles. The van der Waals surface area contributed by atoms with Crippen LogP contribution in [0.5, 0.6) is 0 Å². The van der Waals surface area contributed by atoms with Gasteiger partial charge in [-0.3, -0.25) is 0 Å². The van der Waals surface area contributed by atoms with Gasteiger partial charge in [0.1, 0.15) is 0 Å². The summed E-state index contributed by atoms with van der Waals surface area (Å²) in [6.07, 6.45) is 2.81. The summed E-state index contributed by atoms with van der Waals surface area (Å²) in [5, 5.41) is 0. The van der Waals surface area contributed by atoms with Crippen LogP contribution in [0.15, 0.2) is 17.1 Å². The molecule has 0 saturated heterocycles. The minimum atomic E-state index is 0.461. The molecule has 0 amide bonds. The molecule has 0 spiro atoms. The summed E-state index contributed by atoms with van der Waals surface area (Å²) in [5.74, 6) is 0. The van der Waals surface area contributed by atoms with Gasteiger partial charge >= 0.3 is 0 Å². The zero-order valence-corrected chi connectivity index (χ0v) is 5.68. The molecule has 2 rings (SSSR count). The van der Waals surface area contributed by atoms with Crippen molar-refractivity contribution >= 4 is 23.4 Å². The van der Waals surface area contributed by atoms with E-state index in [0.29, 0.717) is 15.9 Å². The van der Waals surface area contributed by atoms with Crippen molar-refractivity contribution in [3.63, 3.8) is 0 Å². The first-order valence-electron chi connectivity index (χ1n) is 2.65. The molecule has 0 aliphatic carbocycles. The summed E-state index contributed by atoms with van der Waals surface area (Å²) < 4.78 is 5.39. The van der Waals surface area contributed by atoms with Crippen molar-refractivity contribution in [1.29, 1.82) is 0 Å². The molecule has 0 aliphatic rings. The molecule has 5 heteroatoms. The molecule has 1 N–H and O–H groups in total. The monoisotopic (exact) mass is 153 g/mol. The number of aromatic amines is 1. The zero-order valence-electron chi connectivity index (χ0n) is 4.87. The van der Waals surface area contributed by atoms with Crippen molar-refractivity contribution in [1.82, 2.24) is 15.0 Å². The topological polar surface area (TPSA) is 54.7 Å². The van der Waals surface area contributed by atoms with Gasteiger partial charge in [0.05, 0.1) is 6.33 Å². The van der Waals surface area contributed by atoms with Crippen molar-refractivity contribution in [2.45, 2.75) is 0 Å². The average Bonchev–Trinajstić information content (AvgIpc) is 2.36. The van der Waals surface area contributed by atoms with E-state index in [2.05, 4.69) is 15.0 Å². The summed E-state index contributed by atoms with van der Waals surface area (Å²) in [4.78, 5) is 10.4. The number of rotatable bonds is 0. The van der Waals surface area contributed by atoms with Crippen LogP contribution in [0.2, 0.25) is 0 Å². The minimum Gasteiger partial charge on any atom is -0.427 e. The Bertz CT molecular complexity index is 404. The van der Waals surface area contributed by atoms with E-state index in [-0.39, 0.29) is 0 Å². The first-order chi connectivity index (χ1) is 4.88. The molecular formula is C5H3N3OS. The van der Waals surface area contributed by atoms with E-state index in [0.717, 1.165) is 0 Å². The Morgan fingerprint density at radius 2 is 2.40 bits per heavy atom. The van der Waals surface area contributed by atoms with E-state index in [1.165, 1.54) is 12.7 Å². The summed E-state index contributed by atoms with van der Waals surface area (Å²) in [6.45, 7) is 0. The van der Waals surface area contributed by atoms with Crippen LogP contribution in [0.1, 0.15) is 0 Å². The lowest BCUT2D eigenvalue weighted by atomic mass is 10.6. The van der Waals surface area contributed by atoms with Gasteiger partial charge in [-0.2, -0.15) is 0 Å². The molecule has 0 fully saturated rings. The molecule has 2 aromatic rings. The Morgan fingerprint density at radius 1 is 1.50 bits per heavy atom. The largest absolute Gasteiger partial charge is 0.427 e. The first kappa shape index (κ1) is 5.55. The van der Waals surface area contributed by atoms with Crippen LogP contribution in [0.4, 0.5) is 0 Å². The van der Waals surface area contributed by atoms with Gasteiger partial charge in [0.2, 0.25) is 5.71 Å². The smallest absolute Gasteiger partial charge is 0.229 e. The van der Waals surface area contributed by atoms with Crippen LogP contribution in [-0.2, 0) is 0 Å². The van der Waals surface area contributed by atoms with Gasteiger partial charge in [-0.1, -0.05) is 12.2 Å². The van der Waals surface area contributed by atoms with Crippen LogP contribution < -0.4 is 0 Å². The van der Waals surface area contributed by atoms with E-state index in [4.69, 9.17) is 16.6 Å². The molecule has 50 valence electrons. The third kappa shape index (κ3) is 0.640.